The van der Waals surface area contributed by atoms with Gasteiger partial charge in [-0.05, 0) is 37.0 Å². The fourth-order valence-corrected chi connectivity index (χ4v) is 2.18. The molecule has 1 aromatic rings. The SMILES string of the molecule is C[C@H](CO)NC1CCc2c(F)cccc21. The third-order valence-electron chi connectivity index (χ3n) is 2.97. The smallest absolute Gasteiger partial charge is 0.126 e. The van der Waals surface area contributed by atoms with E-state index in [0.29, 0.717) is 0 Å². The summed E-state index contributed by atoms with van der Waals surface area (Å²) in [6.45, 7) is 2.04. The van der Waals surface area contributed by atoms with E-state index >= 15 is 0 Å². The van der Waals surface area contributed by atoms with Gasteiger partial charge in [0.2, 0.25) is 0 Å². The fraction of sp³-hybridized carbons (Fsp3) is 0.500. The molecule has 2 N–H and O–H groups in total. The number of hydrogen-bond donors (Lipinski definition) is 2. The number of aliphatic hydroxyl groups excluding tert-OH is 1. The zero-order valence-corrected chi connectivity index (χ0v) is 8.83. The van der Waals surface area contributed by atoms with Crippen LogP contribution in [0.5, 0.6) is 0 Å². The first-order valence-corrected chi connectivity index (χ1v) is 5.36. The van der Waals surface area contributed by atoms with Gasteiger partial charge in [-0.1, -0.05) is 12.1 Å². The normalized spacial score (nSPS) is 21.4. The first-order valence-electron chi connectivity index (χ1n) is 5.36. The van der Waals surface area contributed by atoms with Crippen molar-refractivity contribution >= 4 is 0 Å². The van der Waals surface area contributed by atoms with Crippen molar-refractivity contribution < 1.29 is 9.50 Å². The maximum atomic E-state index is 13.4. The molecule has 2 nitrogen and oxygen atoms in total. The average molecular weight is 209 g/mol. The molecule has 1 aliphatic carbocycles. The number of nitrogens with one attached hydrogen (secondary N) is 1. The Hall–Kier alpha value is -0.930. The lowest BCUT2D eigenvalue weighted by Crippen LogP contribution is -2.32. The van der Waals surface area contributed by atoms with Gasteiger partial charge >= 0.3 is 0 Å². The Balaban J connectivity index is 2.18. The molecule has 0 fully saturated rings. The van der Waals surface area contributed by atoms with E-state index in [-0.39, 0.29) is 24.5 Å². The maximum Gasteiger partial charge on any atom is 0.126 e. The van der Waals surface area contributed by atoms with Crippen molar-refractivity contribution in [3.8, 4) is 0 Å². The Bertz CT molecular complexity index is 353. The molecule has 0 bridgehead atoms. The molecule has 1 unspecified atom stereocenters. The van der Waals surface area contributed by atoms with E-state index in [2.05, 4.69) is 5.32 Å². The molecular formula is C12H16FNO. The third kappa shape index (κ3) is 2.03. The Morgan fingerprint density at radius 2 is 2.40 bits per heavy atom. The Morgan fingerprint density at radius 3 is 3.13 bits per heavy atom. The van der Waals surface area contributed by atoms with Gasteiger partial charge in [-0.2, -0.15) is 0 Å². The number of aliphatic hydroxyl groups is 1. The summed E-state index contributed by atoms with van der Waals surface area (Å²) in [7, 11) is 0. The highest BCUT2D eigenvalue weighted by Gasteiger charge is 2.25. The van der Waals surface area contributed by atoms with E-state index in [0.717, 1.165) is 24.0 Å². The van der Waals surface area contributed by atoms with Crippen molar-refractivity contribution in [1.29, 1.82) is 0 Å². The first-order chi connectivity index (χ1) is 7.22. The van der Waals surface area contributed by atoms with Crippen LogP contribution in [0.3, 0.4) is 0 Å². The predicted octanol–water partition coefficient (Wildman–Crippen LogP) is 1.78. The third-order valence-corrected chi connectivity index (χ3v) is 2.97. The van der Waals surface area contributed by atoms with Crippen molar-refractivity contribution in [2.45, 2.75) is 31.8 Å². The largest absolute Gasteiger partial charge is 0.395 e. The Morgan fingerprint density at radius 1 is 1.60 bits per heavy atom. The zero-order chi connectivity index (χ0) is 10.8. The van der Waals surface area contributed by atoms with Crippen LogP contribution in [-0.4, -0.2) is 17.8 Å². The first kappa shape index (κ1) is 10.6. The molecule has 1 aromatic carbocycles. The standard InChI is InChI=1S/C12H16FNO/c1-8(7-15)14-12-6-5-9-10(12)3-2-4-11(9)13/h2-4,8,12,14-15H,5-7H2,1H3/t8-,12?/m1/s1. The van der Waals surface area contributed by atoms with Crippen molar-refractivity contribution in [3.63, 3.8) is 0 Å². The van der Waals surface area contributed by atoms with Crippen LogP contribution in [0.15, 0.2) is 18.2 Å². The van der Waals surface area contributed by atoms with Gasteiger partial charge in [0.1, 0.15) is 5.82 Å². The van der Waals surface area contributed by atoms with E-state index < -0.39 is 0 Å². The fourth-order valence-electron chi connectivity index (χ4n) is 2.18. The average Bonchev–Trinajstić information content (AvgIpc) is 2.63. The van der Waals surface area contributed by atoms with Gasteiger partial charge in [-0.3, -0.25) is 0 Å². The molecule has 0 amide bonds. The van der Waals surface area contributed by atoms with Gasteiger partial charge < -0.3 is 10.4 Å². The van der Waals surface area contributed by atoms with Crippen LogP contribution in [0.4, 0.5) is 4.39 Å². The summed E-state index contributed by atoms with van der Waals surface area (Å²) in [6.07, 6.45) is 1.71. The van der Waals surface area contributed by atoms with Gasteiger partial charge in [0.15, 0.2) is 0 Å². The van der Waals surface area contributed by atoms with Crippen LogP contribution in [0, 0.1) is 5.82 Å². The number of fused-ring (bicyclic) bond motifs is 1. The van der Waals surface area contributed by atoms with Gasteiger partial charge in [0, 0.05) is 12.1 Å². The lowest BCUT2D eigenvalue weighted by Gasteiger charge is -2.18. The topological polar surface area (TPSA) is 32.3 Å². The van der Waals surface area contributed by atoms with Crippen LogP contribution < -0.4 is 5.32 Å². The molecular weight excluding hydrogens is 193 g/mol. The van der Waals surface area contributed by atoms with E-state index in [1.165, 1.54) is 6.07 Å². The second-order valence-corrected chi connectivity index (χ2v) is 4.15. The minimum Gasteiger partial charge on any atom is -0.395 e. The van der Waals surface area contributed by atoms with Gasteiger partial charge in [0.25, 0.3) is 0 Å². The molecule has 0 saturated carbocycles. The molecule has 2 atom stereocenters. The molecule has 0 spiro atoms. The van der Waals surface area contributed by atoms with Crippen LogP contribution in [0.2, 0.25) is 0 Å². The van der Waals surface area contributed by atoms with Crippen molar-refractivity contribution in [2.24, 2.45) is 0 Å². The summed E-state index contributed by atoms with van der Waals surface area (Å²) in [6, 6.07) is 5.48. The van der Waals surface area contributed by atoms with Crippen molar-refractivity contribution in [1.82, 2.24) is 5.32 Å². The van der Waals surface area contributed by atoms with Crippen LogP contribution >= 0.6 is 0 Å². The number of halogens is 1. The summed E-state index contributed by atoms with van der Waals surface area (Å²) in [5.41, 5.74) is 1.88. The van der Waals surface area contributed by atoms with Crippen LogP contribution in [-0.2, 0) is 6.42 Å². The monoisotopic (exact) mass is 209 g/mol. The molecule has 0 radical (unpaired) electrons. The van der Waals surface area contributed by atoms with E-state index in [1.54, 1.807) is 6.07 Å². The van der Waals surface area contributed by atoms with Crippen molar-refractivity contribution in [3.05, 3.63) is 35.1 Å². The number of hydrogen-bond acceptors (Lipinski definition) is 2. The highest BCUT2D eigenvalue weighted by atomic mass is 19.1. The minimum absolute atomic E-state index is 0.0595. The summed E-state index contributed by atoms with van der Waals surface area (Å²) >= 11 is 0. The van der Waals surface area contributed by atoms with Gasteiger partial charge in [-0.25, -0.2) is 4.39 Å². The Labute approximate surface area is 89.1 Å². The second-order valence-electron chi connectivity index (χ2n) is 4.15. The number of rotatable bonds is 3. The van der Waals surface area contributed by atoms with Crippen LogP contribution in [0.25, 0.3) is 0 Å². The number of benzene rings is 1. The van der Waals surface area contributed by atoms with E-state index in [9.17, 15) is 4.39 Å². The molecule has 82 valence electrons. The highest BCUT2D eigenvalue weighted by molar-refractivity contribution is 5.35. The van der Waals surface area contributed by atoms with E-state index in [1.807, 2.05) is 13.0 Å². The van der Waals surface area contributed by atoms with Gasteiger partial charge in [-0.15, -0.1) is 0 Å². The molecule has 0 saturated heterocycles. The zero-order valence-electron chi connectivity index (χ0n) is 8.83. The minimum atomic E-state index is -0.103. The molecule has 1 aliphatic rings. The Kier molecular flexibility index (Phi) is 3.03. The molecule has 15 heavy (non-hydrogen) atoms. The molecule has 0 aliphatic heterocycles. The lowest BCUT2D eigenvalue weighted by molar-refractivity contribution is 0.240. The quantitative estimate of drug-likeness (QED) is 0.795. The molecule has 0 aromatic heterocycles. The summed E-state index contributed by atoms with van der Waals surface area (Å²) < 4.78 is 13.4. The molecule has 0 heterocycles. The van der Waals surface area contributed by atoms with Crippen LogP contribution in [0.1, 0.15) is 30.5 Å². The summed E-state index contributed by atoms with van der Waals surface area (Å²) in [5, 5.41) is 12.3. The maximum absolute atomic E-state index is 13.4. The molecule has 3 heteroatoms. The van der Waals surface area contributed by atoms with Crippen molar-refractivity contribution in [2.75, 3.05) is 6.61 Å². The summed E-state index contributed by atoms with van der Waals surface area (Å²) in [5.74, 6) is -0.103. The second kappa shape index (κ2) is 4.29. The predicted molar refractivity (Wildman–Crippen MR) is 57.1 cm³/mol. The van der Waals surface area contributed by atoms with E-state index in [4.69, 9.17) is 5.11 Å². The highest BCUT2D eigenvalue weighted by Crippen LogP contribution is 2.32. The van der Waals surface area contributed by atoms with Gasteiger partial charge in [0.05, 0.1) is 6.61 Å². The molecule has 2 rings (SSSR count). The lowest BCUT2D eigenvalue weighted by atomic mass is 10.1. The summed E-state index contributed by atoms with van der Waals surface area (Å²) in [4.78, 5) is 0.